The summed E-state index contributed by atoms with van der Waals surface area (Å²) in [6.07, 6.45) is 21.5. The Bertz CT molecular complexity index is 2190. The second-order valence-electron chi connectivity index (χ2n) is 15.6. The molecule has 0 fully saturated rings. The topological polar surface area (TPSA) is 144 Å². The molecule has 2 aromatic rings. The Balaban J connectivity index is 1.15. The van der Waals surface area contributed by atoms with E-state index in [-0.39, 0.29) is 68.5 Å². The summed E-state index contributed by atoms with van der Waals surface area (Å²) >= 11 is 0. The van der Waals surface area contributed by atoms with E-state index in [1.165, 1.54) is 22.3 Å². The molecule has 0 aromatic heterocycles. The molecule has 364 valence electrons. The molecule has 2 atom stereocenters. The van der Waals surface area contributed by atoms with Gasteiger partial charge in [0.15, 0.2) is 17.2 Å². The molecule has 15 heteroatoms. The maximum Gasteiger partial charge on any atom is 0.255 e. The molecule has 15 nitrogen and oxygen atoms in total. The van der Waals surface area contributed by atoms with Crippen molar-refractivity contribution in [2.24, 2.45) is 11.8 Å². The van der Waals surface area contributed by atoms with Crippen molar-refractivity contribution in [2.75, 3.05) is 146 Å². The number of allylic oxidation sites excluding steroid dienone is 15. The first-order valence-corrected chi connectivity index (χ1v) is 23.0. The Hall–Kier alpha value is -5.64. The zero-order valence-corrected chi connectivity index (χ0v) is 39.4. The van der Waals surface area contributed by atoms with Gasteiger partial charge >= 0.3 is 0 Å². The Labute approximate surface area is 400 Å². The molecule has 0 aliphatic heterocycles. The van der Waals surface area contributed by atoms with E-state index in [4.69, 9.17) is 63.4 Å². The number of carbonyl (C=O) groups is 1. The largest absolute Gasteiger partial charge is 0.487 e. The van der Waals surface area contributed by atoms with E-state index in [1.807, 2.05) is 18.2 Å². The van der Waals surface area contributed by atoms with Crippen LogP contribution < -0.4 is 19.5 Å². The second-order valence-corrected chi connectivity index (χ2v) is 15.6. The zero-order valence-electron chi connectivity index (χ0n) is 39.4. The summed E-state index contributed by atoms with van der Waals surface area (Å²) in [7, 11) is 4.86. The SMILES string of the molecule is [C-]#[N+]/C(=C\C1=C2C=CC3=CC=CC4=CC=C(C=C1)C2C34)c1ccc(NC(=O)c2cc(OCCOCCOCCOC)c(OCCOCCOCCOC)c(OCCOCCOCCOC)c2)cc1. The molecule has 1 amide bonds. The van der Waals surface area contributed by atoms with Gasteiger partial charge in [-0.25, -0.2) is 4.85 Å². The molecule has 6 rings (SSSR count). The first-order chi connectivity index (χ1) is 33.5. The monoisotopic (exact) mass is 936 g/mol. The van der Waals surface area contributed by atoms with E-state index in [0.29, 0.717) is 96.4 Å². The molecule has 2 aromatic carbocycles. The van der Waals surface area contributed by atoms with E-state index >= 15 is 0 Å². The van der Waals surface area contributed by atoms with Crippen molar-refractivity contribution in [2.45, 2.75) is 0 Å². The number of hydrogen-bond donors (Lipinski definition) is 1. The lowest BCUT2D eigenvalue weighted by Gasteiger charge is -2.40. The number of nitrogens with one attached hydrogen (secondary N) is 1. The van der Waals surface area contributed by atoms with Crippen molar-refractivity contribution in [1.29, 1.82) is 0 Å². The standard InChI is InChI=1S/C53H64N2O13/c1-54-47(36-43-11-10-42-9-8-40-6-5-7-41-14-17-46(43)51(42)50(40)41)39-12-15-45(16-13-39)55-53(56)44-37-48(66-33-30-63-27-24-60-21-18-57-2)52(68-35-32-65-29-26-62-23-20-59-4)49(38-44)67-34-31-64-28-25-61-22-19-58-3/h5-17,36-38,50-51H,18-35H2,2-4H3,(H,55,56)/b47-36-. The molecule has 68 heavy (non-hydrogen) atoms. The third-order valence-electron chi connectivity index (χ3n) is 11.0. The zero-order chi connectivity index (χ0) is 47.6. The van der Waals surface area contributed by atoms with E-state index in [2.05, 4.69) is 64.8 Å². The van der Waals surface area contributed by atoms with Crippen molar-refractivity contribution in [3.63, 3.8) is 0 Å². The van der Waals surface area contributed by atoms with Gasteiger partial charge in [0, 0.05) is 44.4 Å². The number of benzene rings is 2. The van der Waals surface area contributed by atoms with Gasteiger partial charge in [-0.3, -0.25) is 4.79 Å². The molecular weight excluding hydrogens is 873 g/mol. The van der Waals surface area contributed by atoms with Crippen LogP contribution in [0, 0.1) is 18.4 Å². The van der Waals surface area contributed by atoms with Gasteiger partial charge in [0.2, 0.25) is 5.75 Å². The van der Waals surface area contributed by atoms with Crippen molar-refractivity contribution >= 4 is 17.3 Å². The minimum atomic E-state index is -0.412. The van der Waals surface area contributed by atoms with Gasteiger partial charge in [-0.15, -0.1) is 0 Å². The Morgan fingerprint density at radius 1 is 0.544 bits per heavy atom. The Morgan fingerprint density at radius 3 is 1.54 bits per heavy atom. The van der Waals surface area contributed by atoms with Crippen LogP contribution >= 0.6 is 0 Å². The number of hydrogen-bond acceptors (Lipinski definition) is 13. The lowest BCUT2D eigenvalue weighted by atomic mass is 9.63. The minimum Gasteiger partial charge on any atom is -0.487 e. The van der Waals surface area contributed by atoms with Crippen LogP contribution in [0.1, 0.15) is 15.9 Å². The molecule has 2 unspecified atom stereocenters. The molecule has 0 spiro atoms. The van der Waals surface area contributed by atoms with Crippen LogP contribution in [0.25, 0.3) is 10.5 Å². The van der Waals surface area contributed by atoms with Crippen LogP contribution in [0.3, 0.4) is 0 Å². The fourth-order valence-electron chi connectivity index (χ4n) is 7.70. The normalized spacial score (nSPS) is 16.7. The molecule has 0 heterocycles. The molecule has 4 aliphatic carbocycles. The second kappa shape index (κ2) is 29.3. The average molecular weight is 937 g/mol. The molecule has 1 N–H and O–H groups in total. The van der Waals surface area contributed by atoms with Crippen molar-refractivity contribution in [1.82, 2.24) is 0 Å². The number of rotatable bonds is 34. The van der Waals surface area contributed by atoms with E-state index in [9.17, 15) is 4.79 Å². The van der Waals surface area contributed by atoms with E-state index in [0.717, 1.165) is 11.1 Å². The molecule has 0 bridgehead atoms. The van der Waals surface area contributed by atoms with E-state index in [1.54, 1.807) is 45.6 Å². The van der Waals surface area contributed by atoms with Crippen LogP contribution in [-0.4, -0.2) is 146 Å². The summed E-state index contributed by atoms with van der Waals surface area (Å²) in [5, 5.41) is 3.00. The average Bonchev–Trinajstić information content (AvgIpc) is 3.36. The summed E-state index contributed by atoms with van der Waals surface area (Å²) in [4.78, 5) is 18.0. The lowest BCUT2D eigenvalue weighted by Crippen LogP contribution is -2.29. The number of amides is 1. The van der Waals surface area contributed by atoms with Gasteiger partial charge in [-0.05, 0) is 63.8 Å². The molecule has 4 aliphatic rings. The summed E-state index contributed by atoms with van der Waals surface area (Å²) in [6, 6.07) is 10.5. The number of anilines is 1. The smallest absolute Gasteiger partial charge is 0.255 e. The summed E-state index contributed by atoms with van der Waals surface area (Å²) in [5.74, 6) is 0.920. The van der Waals surface area contributed by atoms with Gasteiger partial charge in [0.1, 0.15) is 19.8 Å². The highest BCUT2D eigenvalue weighted by atomic mass is 16.6. The summed E-state index contributed by atoms with van der Waals surface area (Å²) in [6.45, 7) is 14.6. The quantitative estimate of drug-likeness (QED) is 0.0550. The Morgan fingerprint density at radius 2 is 1.01 bits per heavy atom. The van der Waals surface area contributed by atoms with Gasteiger partial charge in [0.25, 0.3) is 5.91 Å². The summed E-state index contributed by atoms with van der Waals surface area (Å²) in [5.41, 5.74) is 8.12. The first kappa shape index (κ1) is 51.7. The Kier molecular flexibility index (Phi) is 22.3. The molecule has 0 saturated carbocycles. The highest BCUT2D eigenvalue weighted by Gasteiger charge is 2.38. The highest BCUT2D eigenvalue weighted by Crippen LogP contribution is 2.50. The van der Waals surface area contributed by atoms with Crippen LogP contribution in [-0.2, 0) is 42.6 Å². The van der Waals surface area contributed by atoms with Crippen molar-refractivity contribution in [3.8, 4) is 17.2 Å². The van der Waals surface area contributed by atoms with Gasteiger partial charge in [-0.2, -0.15) is 0 Å². The van der Waals surface area contributed by atoms with Crippen LogP contribution in [0.4, 0.5) is 5.69 Å². The van der Waals surface area contributed by atoms with Gasteiger partial charge in [0.05, 0.1) is 106 Å². The van der Waals surface area contributed by atoms with Crippen molar-refractivity contribution in [3.05, 3.63) is 148 Å². The predicted octanol–water partition coefficient (Wildman–Crippen LogP) is 7.41. The van der Waals surface area contributed by atoms with Gasteiger partial charge in [-0.1, -0.05) is 66.8 Å². The number of nitrogens with zero attached hydrogens (tertiary/aromatic N) is 1. The van der Waals surface area contributed by atoms with Crippen LogP contribution in [0.5, 0.6) is 17.2 Å². The highest BCUT2D eigenvalue weighted by molar-refractivity contribution is 6.05. The third kappa shape index (κ3) is 15.7. The fraction of sp³-hybridized carbons (Fsp3) is 0.434. The number of ether oxygens (including phenoxy) is 12. The van der Waals surface area contributed by atoms with E-state index < -0.39 is 5.91 Å². The number of carbonyl (C=O) groups excluding carboxylic acids is 1. The van der Waals surface area contributed by atoms with Crippen LogP contribution in [0.15, 0.2) is 125 Å². The summed E-state index contributed by atoms with van der Waals surface area (Å²) < 4.78 is 67.4. The van der Waals surface area contributed by atoms with Gasteiger partial charge < -0.3 is 62.2 Å². The van der Waals surface area contributed by atoms with Crippen LogP contribution in [0.2, 0.25) is 0 Å². The number of methoxy groups -OCH3 is 3. The predicted molar refractivity (Wildman–Crippen MR) is 258 cm³/mol. The fourth-order valence-corrected chi connectivity index (χ4v) is 7.70. The van der Waals surface area contributed by atoms with Crippen molar-refractivity contribution < 1.29 is 61.6 Å². The minimum absolute atomic E-state index is 0.149. The lowest BCUT2D eigenvalue weighted by molar-refractivity contribution is 0.0146. The third-order valence-corrected chi connectivity index (χ3v) is 11.0. The maximum absolute atomic E-state index is 14.0. The molecule has 0 saturated heterocycles. The maximum atomic E-state index is 14.0. The molecular formula is C53H64N2O13. The first-order valence-electron chi connectivity index (χ1n) is 23.0. The molecule has 0 radical (unpaired) electrons.